The fourth-order valence-electron chi connectivity index (χ4n) is 3.20. The number of amides is 1. The van der Waals surface area contributed by atoms with E-state index >= 15 is 0 Å². The molecule has 2 atom stereocenters. The van der Waals surface area contributed by atoms with Gasteiger partial charge in [0.25, 0.3) is 5.91 Å². The number of sulfonamides is 1. The zero-order chi connectivity index (χ0) is 19.4. The van der Waals surface area contributed by atoms with Crippen LogP contribution in [0.15, 0.2) is 36.9 Å². The summed E-state index contributed by atoms with van der Waals surface area (Å²) in [6.07, 6.45) is 4.10. The third-order valence-corrected chi connectivity index (χ3v) is 6.70. The van der Waals surface area contributed by atoms with Crippen molar-refractivity contribution < 1.29 is 13.2 Å². The third kappa shape index (κ3) is 5.06. The van der Waals surface area contributed by atoms with Crippen molar-refractivity contribution in [3.05, 3.63) is 47.5 Å². The maximum absolute atomic E-state index is 12.8. The lowest BCUT2D eigenvalue weighted by atomic mass is 10.1. The van der Waals surface area contributed by atoms with Crippen LogP contribution in [-0.4, -0.2) is 58.4 Å². The van der Waals surface area contributed by atoms with Crippen LogP contribution in [-0.2, 0) is 16.6 Å². The van der Waals surface area contributed by atoms with Gasteiger partial charge in [0.1, 0.15) is 12.7 Å². The minimum absolute atomic E-state index is 0.163. The van der Waals surface area contributed by atoms with E-state index in [1.54, 1.807) is 40.8 Å². The standard InChI is InChI=1S/C17H22ClN5O3S/c1-13(9-23-12-19-11-20-23)21-27(25,26)16-6-3-7-22(10-16)17(24)14-4-2-5-15(18)8-14/h2,4-5,8,11-13,16,21H,3,6-7,9-10H2,1H3/t13-,16+/m1/s1. The number of nitrogens with one attached hydrogen (secondary N) is 1. The second-order valence-electron chi connectivity index (χ2n) is 6.71. The van der Waals surface area contributed by atoms with E-state index < -0.39 is 15.3 Å². The largest absolute Gasteiger partial charge is 0.337 e. The summed E-state index contributed by atoms with van der Waals surface area (Å²) in [5, 5.41) is 3.81. The van der Waals surface area contributed by atoms with Crippen molar-refractivity contribution >= 4 is 27.5 Å². The molecule has 2 aromatic rings. The summed E-state index contributed by atoms with van der Waals surface area (Å²) >= 11 is 5.96. The van der Waals surface area contributed by atoms with E-state index in [-0.39, 0.29) is 18.5 Å². The summed E-state index contributed by atoms with van der Waals surface area (Å²) in [5.41, 5.74) is 0.466. The van der Waals surface area contributed by atoms with Crippen molar-refractivity contribution in [3.63, 3.8) is 0 Å². The van der Waals surface area contributed by atoms with Gasteiger partial charge < -0.3 is 4.90 Å². The van der Waals surface area contributed by atoms with Gasteiger partial charge in [-0.25, -0.2) is 18.1 Å². The monoisotopic (exact) mass is 411 g/mol. The number of hydrogen-bond donors (Lipinski definition) is 1. The molecule has 2 heterocycles. The van der Waals surface area contributed by atoms with E-state index in [2.05, 4.69) is 14.8 Å². The van der Waals surface area contributed by atoms with Crippen LogP contribution in [0.2, 0.25) is 5.02 Å². The summed E-state index contributed by atoms with van der Waals surface area (Å²) in [7, 11) is -3.57. The first-order chi connectivity index (χ1) is 12.8. The van der Waals surface area contributed by atoms with Crippen molar-refractivity contribution in [2.24, 2.45) is 0 Å². The summed E-state index contributed by atoms with van der Waals surface area (Å²) in [6, 6.07) is 6.35. The summed E-state index contributed by atoms with van der Waals surface area (Å²) < 4.78 is 29.8. The van der Waals surface area contributed by atoms with Crippen LogP contribution in [0.5, 0.6) is 0 Å². The summed E-state index contributed by atoms with van der Waals surface area (Å²) in [4.78, 5) is 18.1. The molecule has 0 unspecified atom stereocenters. The molecule has 0 spiro atoms. The number of likely N-dealkylation sites (tertiary alicyclic amines) is 1. The fourth-order valence-corrected chi connectivity index (χ4v) is 5.07. The Morgan fingerprint density at radius 3 is 2.96 bits per heavy atom. The molecule has 0 saturated carbocycles. The van der Waals surface area contributed by atoms with Crippen LogP contribution in [0.25, 0.3) is 0 Å². The van der Waals surface area contributed by atoms with Gasteiger partial charge in [0.15, 0.2) is 0 Å². The van der Waals surface area contributed by atoms with Crippen molar-refractivity contribution in [2.75, 3.05) is 13.1 Å². The lowest BCUT2D eigenvalue weighted by molar-refractivity contribution is 0.0726. The molecule has 0 aliphatic carbocycles. The SMILES string of the molecule is C[C@H](Cn1cncn1)NS(=O)(=O)[C@H]1CCCN(C(=O)c2cccc(Cl)c2)C1. The molecule has 1 saturated heterocycles. The van der Waals surface area contributed by atoms with Gasteiger partial charge in [-0.3, -0.25) is 9.48 Å². The second-order valence-corrected chi connectivity index (χ2v) is 9.14. The summed E-state index contributed by atoms with van der Waals surface area (Å²) in [5.74, 6) is -0.201. The lowest BCUT2D eigenvalue weighted by Gasteiger charge is -2.33. The zero-order valence-corrected chi connectivity index (χ0v) is 16.5. The van der Waals surface area contributed by atoms with Crippen LogP contribution in [0, 0.1) is 0 Å². The van der Waals surface area contributed by atoms with Crippen LogP contribution in [0.1, 0.15) is 30.1 Å². The number of piperidine rings is 1. The predicted octanol–water partition coefficient (Wildman–Crippen LogP) is 1.54. The molecule has 1 fully saturated rings. The van der Waals surface area contributed by atoms with Gasteiger partial charge in [-0.05, 0) is 38.0 Å². The highest BCUT2D eigenvalue weighted by atomic mass is 35.5. The second kappa shape index (κ2) is 8.37. The molecule has 1 aliphatic heterocycles. The smallest absolute Gasteiger partial charge is 0.253 e. The average Bonchev–Trinajstić information content (AvgIpc) is 3.13. The first-order valence-corrected chi connectivity index (χ1v) is 10.7. The van der Waals surface area contributed by atoms with Gasteiger partial charge in [0.05, 0.1) is 11.8 Å². The Morgan fingerprint density at radius 2 is 2.26 bits per heavy atom. The molecule has 27 heavy (non-hydrogen) atoms. The Balaban J connectivity index is 1.64. The molecule has 0 radical (unpaired) electrons. The molecule has 1 amide bonds. The van der Waals surface area contributed by atoms with Crippen molar-refractivity contribution in [2.45, 2.75) is 37.6 Å². The number of rotatable bonds is 6. The predicted molar refractivity (Wildman–Crippen MR) is 102 cm³/mol. The van der Waals surface area contributed by atoms with Crippen molar-refractivity contribution in [1.82, 2.24) is 24.4 Å². The normalized spacial score (nSPS) is 19.0. The number of benzene rings is 1. The van der Waals surface area contributed by atoms with Gasteiger partial charge in [-0.15, -0.1) is 0 Å². The van der Waals surface area contributed by atoms with E-state index in [9.17, 15) is 13.2 Å². The number of aromatic nitrogens is 3. The molecular weight excluding hydrogens is 390 g/mol. The van der Waals surface area contributed by atoms with Crippen molar-refractivity contribution in [1.29, 1.82) is 0 Å². The molecule has 10 heteroatoms. The lowest BCUT2D eigenvalue weighted by Crippen LogP contribution is -2.50. The van der Waals surface area contributed by atoms with E-state index in [4.69, 9.17) is 11.6 Å². The number of hydrogen-bond acceptors (Lipinski definition) is 5. The molecule has 3 rings (SSSR count). The minimum atomic E-state index is -3.57. The Kier molecular flexibility index (Phi) is 6.13. The molecule has 8 nitrogen and oxygen atoms in total. The highest BCUT2D eigenvalue weighted by molar-refractivity contribution is 7.90. The molecule has 1 N–H and O–H groups in total. The van der Waals surface area contributed by atoms with Gasteiger partial charge in [-0.2, -0.15) is 5.10 Å². The molecule has 1 aromatic heterocycles. The Labute approximate surface area is 163 Å². The molecule has 1 aliphatic rings. The molecule has 0 bridgehead atoms. The number of nitrogens with zero attached hydrogens (tertiary/aromatic N) is 4. The van der Waals surface area contributed by atoms with E-state index in [1.807, 2.05) is 0 Å². The topological polar surface area (TPSA) is 97.2 Å². The van der Waals surface area contributed by atoms with Gasteiger partial charge in [0, 0.05) is 29.7 Å². The van der Waals surface area contributed by atoms with Crippen molar-refractivity contribution in [3.8, 4) is 0 Å². The zero-order valence-electron chi connectivity index (χ0n) is 15.0. The maximum atomic E-state index is 12.8. The van der Waals surface area contributed by atoms with Crippen LogP contribution in [0.4, 0.5) is 0 Å². The molecule has 146 valence electrons. The van der Waals surface area contributed by atoms with Gasteiger partial charge >= 0.3 is 0 Å². The fraction of sp³-hybridized carbons (Fsp3) is 0.471. The van der Waals surface area contributed by atoms with Crippen LogP contribution in [0.3, 0.4) is 0 Å². The minimum Gasteiger partial charge on any atom is -0.337 e. The van der Waals surface area contributed by atoms with E-state index in [0.29, 0.717) is 36.5 Å². The number of carbonyl (C=O) groups excluding carboxylic acids is 1. The third-order valence-electron chi connectivity index (χ3n) is 4.47. The molecule has 1 aromatic carbocycles. The van der Waals surface area contributed by atoms with Crippen LogP contribution < -0.4 is 4.72 Å². The van der Waals surface area contributed by atoms with Crippen LogP contribution >= 0.6 is 11.6 Å². The first-order valence-electron chi connectivity index (χ1n) is 8.73. The number of carbonyl (C=O) groups is 1. The highest BCUT2D eigenvalue weighted by Crippen LogP contribution is 2.20. The first kappa shape index (κ1) is 19.8. The summed E-state index contributed by atoms with van der Waals surface area (Å²) in [6.45, 7) is 2.86. The van der Waals surface area contributed by atoms with Gasteiger partial charge in [-0.1, -0.05) is 17.7 Å². The Bertz CT molecular complexity index is 888. The maximum Gasteiger partial charge on any atom is 0.253 e. The average molecular weight is 412 g/mol. The molecular formula is C17H22ClN5O3S. The Morgan fingerprint density at radius 1 is 1.44 bits per heavy atom. The Hall–Kier alpha value is -1.97. The van der Waals surface area contributed by atoms with E-state index in [0.717, 1.165) is 0 Å². The number of halogens is 1. The van der Waals surface area contributed by atoms with Gasteiger partial charge in [0.2, 0.25) is 10.0 Å². The van der Waals surface area contributed by atoms with E-state index in [1.165, 1.54) is 12.7 Å². The highest BCUT2D eigenvalue weighted by Gasteiger charge is 2.33. The quantitative estimate of drug-likeness (QED) is 0.777.